The fraction of sp³-hybridized carbons (Fsp3) is 0.222. The molecule has 0 aromatic heterocycles. The fourth-order valence-electron chi connectivity index (χ4n) is 2.80. The minimum Gasteiger partial charge on any atom is -0.387 e. The van der Waals surface area contributed by atoms with E-state index < -0.39 is 23.6 Å². The third kappa shape index (κ3) is 3.35. The summed E-state index contributed by atoms with van der Waals surface area (Å²) in [6, 6.07) is 12.8. The third-order valence-electron chi connectivity index (χ3n) is 4.31. The van der Waals surface area contributed by atoms with Crippen LogP contribution in [0.4, 0.5) is 4.79 Å². The van der Waals surface area contributed by atoms with Gasteiger partial charge in [0.25, 0.3) is 5.91 Å². The molecule has 0 saturated carbocycles. The Bertz CT molecular complexity index is 808. The molecule has 5 nitrogen and oxygen atoms in total. The maximum absolute atomic E-state index is 12.8. The highest BCUT2D eigenvalue weighted by Gasteiger charge is 2.49. The number of benzene rings is 2. The average Bonchev–Trinajstić information content (AvgIpc) is 2.80. The number of halogens is 2. The average molecular weight is 379 g/mol. The molecule has 7 heteroatoms. The summed E-state index contributed by atoms with van der Waals surface area (Å²) in [6.45, 7) is 1.49. The summed E-state index contributed by atoms with van der Waals surface area (Å²) < 4.78 is 0. The Balaban J connectivity index is 1.81. The standard InChI is InChI=1S/C18H16Cl2N2O3/c1-18(12-4-8-14(20)9-5-12)16(24)22(17(25)21-18)10-15(23)11-2-6-13(19)7-3-11/h2-9,15,23H,10H2,1H3,(H,21,25). The Hall–Kier alpha value is -2.08. The quantitative estimate of drug-likeness (QED) is 0.799. The molecule has 2 aromatic carbocycles. The Morgan fingerprint density at radius 3 is 2.12 bits per heavy atom. The second kappa shape index (κ2) is 6.67. The first-order valence-corrected chi connectivity index (χ1v) is 8.40. The lowest BCUT2D eigenvalue weighted by Crippen LogP contribution is -2.41. The predicted octanol–water partition coefficient (Wildman–Crippen LogP) is 3.49. The summed E-state index contributed by atoms with van der Waals surface area (Å²) in [7, 11) is 0. The van der Waals surface area contributed by atoms with E-state index >= 15 is 0 Å². The number of rotatable bonds is 4. The minimum atomic E-state index is -1.19. The van der Waals surface area contributed by atoms with E-state index in [4.69, 9.17) is 23.2 Å². The van der Waals surface area contributed by atoms with Gasteiger partial charge < -0.3 is 10.4 Å². The van der Waals surface area contributed by atoms with Crippen molar-refractivity contribution in [1.29, 1.82) is 0 Å². The van der Waals surface area contributed by atoms with Crippen LogP contribution in [0.2, 0.25) is 10.0 Å². The van der Waals surface area contributed by atoms with Crippen molar-refractivity contribution in [2.45, 2.75) is 18.6 Å². The molecule has 0 aliphatic carbocycles. The number of hydrogen-bond donors (Lipinski definition) is 2. The smallest absolute Gasteiger partial charge is 0.325 e. The second-order valence-corrected chi connectivity index (χ2v) is 6.92. The zero-order valence-corrected chi connectivity index (χ0v) is 14.9. The number of imide groups is 1. The van der Waals surface area contributed by atoms with Crippen LogP contribution in [0.25, 0.3) is 0 Å². The summed E-state index contributed by atoms with van der Waals surface area (Å²) in [5.41, 5.74) is 0.00492. The summed E-state index contributed by atoms with van der Waals surface area (Å²) >= 11 is 11.7. The number of urea groups is 1. The van der Waals surface area contributed by atoms with Crippen LogP contribution in [0.15, 0.2) is 48.5 Å². The van der Waals surface area contributed by atoms with Gasteiger partial charge in [-0.3, -0.25) is 9.69 Å². The summed E-state index contributed by atoms with van der Waals surface area (Å²) in [4.78, 5) is 26.1. The van der Waals surface area contributed by atoms with Gasteiger partial charge in [0.1, 0.15) is 5.54 Å². The van der Waals surface area contributed by atoms with Crippen molar-refractivity contribution in [3.05, 3.63) is 69.7 Å². The zero-order valence-electron chi connectivity index (χ0n) is 13.4. The van der Waals surface area contributed by atoms with E-state index in [1.807, 2.05) is 0 Å². The van der Waals surface area contributed by atoms with Gasteiger partial charge in [0.05, 0.1) is 12.6 Å². The molecule has 1 saturated heterocycles. The van der Waals surface area contributed by atoms with Crippen molar-refractivity contribution in [2.24, 2.45) is 0 Å². The number of carbonyl (C=O) groups is 2. The molecule has 1 fully saturated rings. The minimum absolute atomic E-state index is 0.143. The number of aliphatic hydroxyl groups is 1. The monoisotopic (exact) mass is 378 g/mol. The van der Waals surface area contributed by atoms with Gasteiger partial charge in [0.15, 0.2) is 0 Å². The van der Waals surface area contributed by atoms with Crippen LogP contribution in [-0.4, -0.2) is 28.5 Å². The molecular formula is C18H16Cl2N2O3. The molecule has 3 rings (SSSR count). The molecular weight excluding hydrogens is 363 g/mol. The number of hydrogen-bond acceptors (Lipinski definition) is 3. The first-order chi connectivity index (χ1) is 11.8. The van der Waals surface area contributed by atoms with E-state index in [-0.39, 0.29) is 6.54 Å². The molecule has 2 aromatic rings. The molecule has 2 unspecified atom stereocenters. The van der Waals surface area contributed by atoms with E-state index in [2.05, 4.69) is 5.32 Å². The number of β-amino-alcohol motifs (C(OH)–C–C–N with tert-alkyl or cyclic N) is 1. The fourth-order valence-corrected chi connectivity index (χ4v) is 3.06. The zero-order chi connectivity index (χ0) is 18.2. The van der Waals surface area contributed by atoms with Gasteiger partial charge in [0.2, 0.25) is 0 Å². The van der Waals surface area contributed by atoms with E-state index in [1.165, 1.54) is 0 Å². The van der Waals surface area contributed by atoms with Crippen LogP contribution < -0.4 is 5.32 Å². The van der Waals surface area contributed by atoms with Crippen molar-refractivity contribution in [2.75, 3.05) is 6.54 Å². The molecule has 2 N–H and O–H groups in total. The van der Waals surface area contributed by atoms with Crippen molar-refractivity contribution >= 4 is 35.1 Å². The van der Waals surface area contributed by atoms with Crippen LogP contribution in [-0.2, 0) is 10.3 Å². The van der Waals surface area contributed by atoms with Gasteiger partial charge >= 0.3 is 6.03 Å². The molecule has 1 aliphatic heterocycles. The molecule has 1 aliphatic rings. The Morgan fingerprint density at radius 2 is 1.56 bits per heavy atom. The number of carbonyl (C=O) groups excluding carboxylic acids is 2. The van der Waals surface area contributed by atoms with Crippen LogP contribution in [0.5, 0.6) is 0 Å². The van der Waals surface area contributed by atoms with E-state index in [1.54, 1.807) is 55.5 Å². The molecule has 0 radical (unpaired) electrons. The molecule has 2 atom stereocenters. The number of nitrogens with zero attached hydrogens (tertiary/aromatic N) is 1. The van der Waals surface area contributed by atoms with E-state index in [0.29, 0.717) is 21.2 Å². The number of aliphatic hydroxyl groups excluding tert-OH is 1. The Labute approximate surface area is 155 Å². The molecule has 0 bridgehead atoms. The lowest BCUT2D eigenvalue weighted by atomic mass is 9.92. The number of amides is 3. The topological polar surface area (TPSA) is 69.6 Å². The molecule has 25 heavy (non-hydrogen) atoms. The van der Waals surface area contributed by atoms with Crippen LogP contribution in [0.1, 0.15) is 24.2 Å². The molecule has 0 spiro atoms. The highest BCUT2D eigenvalue weighted by molar-refractivity contribution is 6.30. The largest absolute Gasteiger partial charge is 0.387 e. The van der Waals surface area contributed by atoms with Crippen LogP contribution >= 0.6 is 23.2 Å². The van der Waals surface area contributed by atoms with E-state index in [0.717, 1.165) is 4.90 Å². The normalized spacial score (nSPS) is 21.4. The predicted molar refractivity (Wildman–Crippen MR) is 95.5 cm³/mol. The van der Waals surface area contributed by atoms with Gasteiger partial charge in [0, 0.05) is 10.0 Å². The van der Waals surface area contributed by atoms with Gasteiger partial charge in [-0.25, -0.2) is 4.79 Å². The summed E-state index contributed by atoms with van der Waals surface area (Å²) in [5, 5.41) is 14.1. The van der Waals surface area contributed by atoms with Crippen molar-refractivity contribution in [3.8, 4) is 0 Å². The second-order valence-electron chi connectivity index (χ2n) is 6.05. The molecule has 3 amide bonds. The van der Waals surface area contributed by atoms with Gasteiger partial charge in [-0.05, 0) is 42.3 Å². The maximum atomic E-state index is 12.8. The lowest BCUT2D eigenvalue weighted by molar-refractivity contribution is -0.132. The van der Waals surface area contributed by atoms with Crippen LogP contribution in [0, 0.1) is 0 Å². The molecule has 1 heterocycles. The van der Waals surface area contributed by atoms with Gasteiger partial charge in [-0.1, -0.05) is 47.5 Å². The Morgan fingerprint density at radius 1 is 1.04 bits per heavy atom. The summed E-state index contributed by atoms with van der Waals surface area (Å²) in [5.74, 6) is -0.423. The Kier molecular flexibility index (Phi) is 4.73. The highest BCUT2D eigenvalue weighted by Crippen LogP contribution is 2.31. The molecule has 130 valence electrons. The first-order valence-electron chi connectivity index (χ1n) is 7.65. The van der Waals surface area contributed by atoms with Crippen LogP contribution in [0.3, 0.4) is 0 Å². The van der Waals surface area contributed by atoms with Gasteiger partial charge in [-0.15, -0.1) is 0 Å². The lowest BCUT2D eigenvalue weighted by Gasteiger charge is -2.23. The SMILES string of the molecule is CC1(c2ccc(Cl)cc2)NC(=O)N(CC(O)c2ccc(Cl)cc2)C1=O. The van der Waals surface area contributed by atoms with Crippen molar-refractivity contribution in [1.82, 2.24) is 10.2 Å². The van der Waals surface area contributed by atoms with Crippen molar-refractivity contribution < 1.29 is 14.7 Å². The number of nitrogens with one attached hydrogen (secondary N) is 1. The van der Waals surface area contributed by atoms with Crippen molar-refractivity contribution in [3.63, 3.8) is 0 Å². The van der Waals surface area contributed by atoms with E-state index in [9.17, 15) is 14.7 Å². The highest BCUT2D eigenvalue weighted by atomic mass is 35.5. The van der Waals surface area contributed by atoms with Gasteiger partial charge in [-0.2, -0.15) is 0 Å². The third-order valence-corrected chi connectivity index (χ3v) is 4.81. The maximum Gasteiger partial charge on any atom is 0.325 e. The summed E-state index contributed by atoms with van der Waals surface area (Å²) in [6.07, 6.45) is -1.00. The first kappa shape index (κ1) is 17.7.